The highest BCUT2D eigenvalue weighted by Crippen LogP contribution is 2.50. The van der Waals surface area contributed by atoms with E-state index in [4.69, 9.17) is 4.74 Å². The molecule has 0 saturated heterocycles. The van der Waals surface area contributed by atoms with Crippen LogP contribution in [-0.4, -0.2) is 25.3 Å². The van der Waals surface area contributed by atoms with Crippen molar-refractivity contribution in [2.75, 3.05) is 13.2 Å². The Kier molecular flexibility index (Phi) is 5.04. The Morgan fingerprint density at radius 1 is 1.05 bits per heavy atom. The first-order valence-corrected chi connectivity index (χ1v) is 9.13. The largest absolute Gasteiger partial charge is 0.378 e. The van der Waals surface area contributed by atoms with E-state index >= 15 is 0 Å². The number of rotatable bonds is 8. The van der Waals surface area contributed by atoms with Crippen LogP contribution in [0.15, 0.2) is 0 Å². The molecule has 0 aromatic heterocycles. The van der Waals surface area contributed by atoms with Gasteiger partial charge in [0.2, 0.25) is 0 Å². The van der Waals surface area contributed by atoms with E-state index in [1.807, 2.05) is 0 Å². The first kappa shape index (κ1) is 14.8. The van der Waals surface area contributed by atoms with Gasteiger partial charge >= 0.3 is 0 Å². The Labute approximate surface area is 125 Å². The number of hydrogen-bond acceptors (Lipinski definition) is 2. The molecule has 20 heavy (non-hydrogen) atoms. The van der Waals surface area contributed by atoms with Crippen LogP contribution < -0.4 is 5.32 Å². The van der Waals surface area contributed by atoms with Gasteiger partial charge in [0.15, 0.2) is 0 Å². The molecule has 2 bridgehead atoms. The summed E-state index contributed by atoms with van der Waals surface area (Å²) in [6.45, 7) is 6.40. The Morgan fingerprint density at radius 3 is 2.50 bits per heavy atom. The molecule has 4 atom stereocenters. The second-order valence-corrected chi connectivity index (χ2v) is 7.58. The number of nitrogens with one attached hydrogen (secondary N) is 1. The van der Waals surface area contributed by atoms with E-state index in [9.17, 15) is 0 Å². The molecular weight excluding hydrogens is 246 g/mol. The number of ether oxygens (including phenoxy) is 1. The zero-order valence-corrected chi connectivity index (χ0v) is 13.4. The lowest BCUT2D eigenvalue weighted by molar-refractivity contribution is -0.0297. The van der Waals surface area contributed by atoms with E-state index in [1.54, 1.807) is 12.8 Å². The molecule has 116 valence electrons. The molecule has 0 spiro atoms. The van der Waals surface area contributed by atoms with Crippen LogP contribution in [0.2, 0.25) is 0 Å². The Morgan fingerprint density at radius 2 is 1.90 bits per heavy atom. The van der Waals surface area contributed by atoms with Crippen molar-refractivity contribution in [2.24, 2.45) is 23.7 Å². The minimum atomic E-state index is 0.578. The van der Waals surface area contributed by atoms with Gasteiger partial charge in [-0.25, -0.2) is 0 Å². The molecule has 4 unspecified atom stereocenters. The van der Waals surface area contributed by atoms with E-state index in [1.165, 1.54) is 38.5 Å². The van der Waals surface area contributed by atoms with Crippen LogP contribution in [0.1, 0.15) is 65.2 Å². The van der Waals surface area contributed by atoms with Gasteiger partial charge in [-0.2, -0.15) is 0 Å². The summed E-state index contributed by atoms with van der Waals surface area (Å²) in [5.74, 6) is 4.15. The predicted molar refractivity (Wildman–Crippen MR) is 83.8 cm³/mol. The topological polar surface area (TPSA) is 21.3 Å². The summed E-state index contributed by atoms with van der Waals surface area (Å²) in [5.41, 5.74) is 0. The fourth-order valence-electron chi connectivity index (χ4n) is 5.22. The second kappa shape index (κ2) is 6.79. The first-order valence-electron chi connectivity index (χ1n) is 9.13. The van der Waals surface area contributed by atoms with Gasteiger partial charge in [0, 0.05) is 12.6 Å². The maximum Gasteiger partial charge on any atom is 0.0580 e. The van der Waals surface area contributed by atoms with Crippen molar-refractivity contribution in [3.8, 4) is 0 Å². The van der Waals surface area contributed by atoms with Gasteiger partial charge in [0.1, 0.15) is 0 Å². The first-order chi connectivity index (χ1) is 9.78. The number of fused-ring (bicyclic) bond motifs is 2. The summed E-state index contributed by atoms with van der Waals surface area (Å²) in [7, 11) is 0. The highest BCUT2D eigenvalue weighted by Gasteiger charge is 2.40. The maximum atomic E-state index is 5.70. The average Bonchev–Trinajstić information content (AvgIpc) is 2.98. The zero-order valence-electron chi connectivity index (χ0n) is 13.4. The van der Waals surface area contributed by atoms with Gasteiger partial charge < -0.3 is 10.1 Å². The van der Waals surface area contributed by atoms with Gasteiger partial charge in [0.05, 0.1) is 6.10 Å². The molecule has 1 N–H and O–H groups in total. The van der Waals surface area contributed by atoms with Crippen LogP contribution in [0.4, 0.5) is 0 Å². The van der Waals surface area contributed by atoms with Crippen LogP contribution in [0, 0.1) is 23.7 Å². The lowest BCUT2D eigenvalue weighted by Gasteiger charge is -2.38. The fourth-order valence-corrected chi connectivity index (χ4v) is 5.22. The Hall–Kier alpha value is -0.0800. The highest BCUT2D eigenvalue weighted by atomic mass is 16.5. The third kappa shape index (κ3) is 3.39. The monoisotopic (exact) mass is 279 g/mol. The van der Waals surface area contributed by atoms with Crippen molar-refractivity contribution in [2.45, 2.75) is 77.4 Å². The smallest absolute Gasteiger partial charge is 0.0580 e. The average molecular weight is 279 g/mol. The van der Waals surface area contributed by atoms with Gasteiger partial charge in [-0.1, -0.05) is 13.3 Å². The summed E-state index contributed by atoms with van der Waals surface area (Å²) in [6.07, 6.45) is 12.2. The molecule has 3 fully saturated rings. The van der Waals surface area contributed by atoms with Crippen molar-refractivity contribution in [3.63, 3.8) is 0 Å². The van der Waals surface area contributed by atoms with Crippen molar-refractivity contribution >= 4 is 0 Å². The van der Waals surface area contributed by atoms with Crippen molar-refractivity contribution in [1.82, 2.24) is 5.32 Å². The van der Waals surface area contributed by atoms with Crippen molar-refractivity contribution in [1.29, 1.82) is 0 Å². The summed E-state index contributed by atoms with van der Waals surface area (Å²) >= 11 is 0. The molecule has 0 aromatic rings. The molecule has 2 nitrogen and oxygen atoms in total. The van der Waals surface area contributed by atoms with Gasteiger partial charge in [-0.05, 0) is 82.1 Å². The van der Waals surface area contributed by atoms with Gasteiger partial charge in [-0.3, -0.25) is 0 Å². The summed E-state index contributed by atoms with van der Waals surface area (Å²) in [5, 5.41) is 3.77. The molecule has 0 aromatic carbocycles. The van der Waals surface area contributed by atoms with E-state index in [0.717, 1.165) is 42.9 Å². The van der Waals surface area contributed by atoms with Crippen LogP contribution in [0.3, 0.4) is 0 Å². The number of hydrogen-bond donors (Lipinski definition) is 1. The predicted octanol–water partition coefficient (Wildman–Crippen LogP) is 4.00. The SMILES string of the molecule is CCNC(CC1CC(OCC)C1)CC1CC2CCC1C2. The van der Waals surface area contributed by atoms with Gasteiger partial charge in [0.25, 0.3) is 0 Å². The molecule has 3 rings (SSSR count). The Bertz CT molecular complexity index is 300. The molecule has 3 aliphatic carbocycles. The van der Waals surface area contributed by atoms with E-state index in [2.05, 4.69) is 19.2 Å². The van der Waals surface area contributed by atoms with Crippen molar-refractivity contribution in [3.05, 3.63) is 0 Å². The molecule has 2 heteroatoms. The molecular formula is C18H33NO. The third-order valence-corrected chi connectivity index (χ3v) is 6.18. The van der Waals surface area contributed by atoms with Crippen molar-refractivity contribution < 1.29 is 4.74 Å². The molecule has 3 aliphatic rings. The molecule has 0 radical (unpaired) electrons. The standard InChI is InChI=1S/C18H33NO/c1-3-19-17(9-14-10-18(11-14)20-4-2)12-16-8-13-5-6-15(16)7-13/h13-19H,3-12H2,1-2H3. The maximum absolute atomic E-state index is 5.70. The summed E-state index contributed by atoms with van der Waals surface area (Å²) in [6, 6.07) is 0.775. The fraction of sp³-hybridized carbons (Fsp3) is 1.00. The molecule has 3 saturated carbocycles. The van der Waals surface area contributed by atoms with Crippen LogP contribution >= 0.6 is 0 Å². The summed E-state index contributed by atoms with van der Waals surface area (Å²) in [4.78, 5) is 0. The minimum absolute atomic E-state index is 0.578. The van der Waals surface area contributed by atoms with E-state index < -0.39 is 0 Å². The second-order valence-electron chi connectivity index (χ2n) is 7.58. The van der Waals surface area contributed by atoms with E-state index in [-0.39, 0.29) is 0 Å². The highest BCUT2D eigenvalue weighted by molar-refractivity contribution is 4.93. The normalized spacial score (nSPS) is 40.8. The van der Waals surface area contributed by atoms with Gasteiger partial charge in [-0.15, -0.1) is 0 Å². The molecule has 0 heterocycles. The van der Waals surface area contributed by atoms with Crippen LogP contribution in [0.25, 0.3) is 0 Å². The van der Waals surface area contributed by atoms with E-state index in [0.29, 0.717) is 6.10 Å². The Balaban J connectivity index is 1.42. The third-order valence-electron chi connectivity index (χ3n) is 6.18. The zero-order chi connectivity index (χ0) is 13.9. The van der Waals surface area contributed by atoms with Crippen LogP contribution in [0.5, 0.6) is 0 Å². The summed E-state index contributed by atoms with van der Waals surface area (Å²) < 4.78 is 5.70. The molecule has 0 aliphatic heterocycles. The lowest BCUT2D eigenvalue weighted by atomic mass is 9.75. The molecule has 0 amide bonds. The lowest BCUT2D eigenvalue weighted by Crippen LogP contribution is -2.39. The van der Waals surface area contributed by atoms with Crippen LogP contribution in [-0.2, 0) is 4.74 Å². The quantitative estimate of drug-likeness (QED) is 0.725. The minimum Gasteiger partial charge on any atom is -0.378 e.